The quantitative estimate of drug-likeness (QED) is 0.708. The van der Waals surface area contributed by atoms with E-state index < -0.39 is 0 Å². The van der Waals surface area contributed by atoms with Crippen LogP contribution in [0.4, 0.5) is 5.69 Å². The fourth-order valence-corrected chi connectivity index (χ4v) is 2.59. The number of halogens is 2. The molecule has 0 atom stereocenters. The molecule has 2 aromatic rings. The van der Waals surface area contributed by atoms with Gasteiger partial charge in [0.15, 0.2) is 0 Å². The molecule has 2 rings (SSSR count). The first-order valence-electron chi connectivity index (χ1n) is 5.51. The second kappa shape index (κ2) is 6.44. The van der Waals surface area contributed by atoms with Gasteiger partial charge in [0.05, 0.1) is 16.8 Å². The molecule has 0 aliphatic heterocycles. The Labute approximate surface area is 138 Å². The molecule has 0 aliphatic rings. The highest BCUT2D eigenvalue weighted by Gasteiger charge is 2.13. The fraction of sp³-hybridized carbons (Fsp3) is 0. The van der Waals surface area contributed by atoms with Crippen LogP contribution in [0.25, 0.3) is 0 Å². The van der Waals surface area contributed by atoms with Gasteiger partial charge in [-0.25, -0.2) is 0 Å². The molecule has 100 valence electrons. The van der Waals surface area contributed by atoms with E-state index in [1.807, 2.05) is 6.07 Å². The molecule has 0 radical (unpaired) electrons. The van der Waals surface area contributed by atoms with Gasteiger partial charge in [-0.15, -0.1) is 12.6 Å². The molecule has 0 aliphatic carbocycles. The summed E-state index contributed by atoms with van der Waals surface area (Å²) in [4.78, 5) is 12.9. The topological polar surface area (TPSA) is 52.9 Å². The van der Waals surface area contributed by atoms with E-state index in [1.54, 1.807) is 36.4 Å². The highest BCUT2D eigenvalue weighted by atomic mass is 79.9. The van der Waals surface area contributed by atoms with Crippen LogP contribution in [0.3, 0.4) is 0 Å². The standard InChI is InChI=1S/C14H8Br2N2OS/c15-9-1-4-13(8(5-9)7-17)18-14(19)11-6-10(20)2-3-12(11)16/h1-6,20H,(H,18,19). The van der Waals surface area contributed by atoms with Crippen LogP contribution in [0.2, 0.25) is 0 Å². The Hall–Kier alpha value is -1.29. The Balaban J connectivity index is 2.33. The van der Waals surface area contributed by atoms with Crippen LogP contribution < -0.4 is 5.32 Å². The first kappa shape index (κ1) is 15.1. The van der Waals surface area contributed by atoms with Crippen molar-refractivity contribution in [1.29, 1.82) is 5.26 Å². The van der Waals surface area contributed by atoms with Crippen LogP contribution in [0.1, 0.15) is 15.9 Å². The molecule has 0 spiro atoms. The molecule has 0 bridgehead atoms. The van der Waals surface area contributed by atoms with Crippen molar-refractivity contribution in [2.45, 2.75) is 4.90 Å². The van der Waals surface area contributed by atoms with Crippen LogP contribution in [-0.4, -0.2) is 5.91 Å². The zero-order valence-electron chi connectivity index (χ0n) is 10.0. The number of carbonyl (C=O) groups excluding carboxylic acids is 1. The smallest absolute Gasteiger partial charge is 0.256 e. The van der Waals surface area contributed by atoms with Gasteiger partial charge in [-0.05, 0) is 52.3 Å². The molecular weight excluding hydrogens is 404 g/mol. The van der Waals surface area contributed by atoms with Crippen molar-refractivity contribution in [2.24, 2.45) is 0 Å². The Morgan fingerprint density at radius 3 is 2.65 bits per heavy atom. The van der Waals surface area contributed by atoms with E-state index in [4.69, 9.17) is 5.26 Å². The number of hydrogen-bond donors (Lipinski definition) is 2. The second-order valence-corrected chi connectivity index (χ2v) is 6.21. The van der Waals surface area contributed by atoms with Crippen molar-refractivity contribution in [3.05, 3.63) is 56.5 Å². The van der Waals surface area contributed by atoms with Gasteiger partial charge in [-0.2, -0.15) is 5.26 Å². The van der Waals surface area contributed by atoms with Gasteiger partial charge >= 0.3 is 0 Å². The van der Waals surface area contributed by atoms with E-state index in [0.29, 0.717) is 26.2 Å². The summed E-state index contributed by atoms with van der Waals surface area (Å²) in [6, 6.07) is 12.3. The summed E-state index contributed by atoms with van der Waals surface area (Å²) in [6.45, 7) is 0. The summed E-state index contributed by atoms with van der Waals surface area (Å²) < 4.78 is 1.45. The molecule has 3 nitrogen and oxygen atoms in total. The first-order chi connectivity index (χ1) is 9.51. The Bertz CT molecular complexity index is 726. The summed E-state index contributed by atoms with van der Waals surface area (Å²) in [5.41, 5.74) is 1.33. The number of anilines is 1. The number of carbonyl (C=O) groups is 1. The third-order valence-electron chi connectivity index (χ3n) is 2.54. The number of nitriles is 1. The van der Waals surface area contributed by atoms with Crippen molar-refractivity contribution < 1.29 is 4.79 Å². The van der Waals surface area contributed by atoms with Crippen LogP contribution in [0.5, 0.6) is 0 Å². The number of hydrogen-bond acceptors (Lipinski definition) is 3. The zero-order chi connectivity index (χ0) is 14.7. The molecule has 2 aromatic carbocycles. The number of nitrogens with one attached hydrogen (secondary N) is 1. The molecule has 1 amide bonds. The van der Waals surface area contributed by atoms with Crippen molar-refractivity contribution in [2.75, 3.05) is 5.32 Å². The number of rotatable bonds is 2. The lowest BCUT2D eigenvalue weighted by Crippen LogP contribution is -2.13. The van der Waals surface area contributed by atoms with Crippen molar-refractivity contribution >= 4 is 56.1 Å². The average Bonchev–Trinajstić information content (AvgIpc) is 2.43. The third-order valence-corrected chi connectivity index (χ3v) is 4.01. The molecule has 0 aromatic heterocycles. The molecule has 0 heterocycles. The molecule has 0 saturated heterocycles. The van der Waals surface area contributed by atoms with Gasteiger partial charge in [0.2, 0.25) is 0 Å². The van der Waals surface area contributed by atoms with Gasteiger partial charge in [-0.1, -0.05) is 15.9 Å². The minimum Gasteiger partial charge on any atom is -0.321 e. The zero-order valence-corrected chi connectivity index (χ0v) is 14.1. The van der Waals surface area contributed by atoms with E-state index in [2.05, 4.69) is 49.8 Å². The number of thiol groups is 1. The predicted molar refractivity (Wildman–Crippen MR) is 88.2 cm³/mol. The van der Waals surface area contributed by atoms with Gasteiger partial charge in [0.1, 0.15) is 6.07 Å². The summed E-state index contributed by atoms with van der Waals surface area (Å²) >= 11 is 10.8. The molecule has 20 heavy (non-hydrogen) atoms. The molecule has 6 heteroatoms. The van der Waals surface area contributed by atoms with Crippen LogP contribution in [-0.2, 0) is 0 Å². The normalized spacial score (nSPS) is 9.90. The predicted octanol–water partition coefficient (Wildman–Crippen LogP) is 4.62. The van der Waals surface area contributed by atoms with E-state index in [9.17, 15) is 4.79 Å². The van der Waals surface area contributed by atoms with E-state index in [0.717, 1.165) is 4.47 Å². The molecule has 0 fully saturated rings. The highest BCUT2D eigenvalue weighted by Crippen LogP contribution is 2.24. The maximum Gasteiger partial charge on any atom is 0.256 e. The summed E-state index contributed by atoms with van der Waals surface area (Å²) in [6.07, 6.45) is 0. The molecular formula is C14H8Br2N2OS. The van der Waals surface area contributed by atoms with Crippen LogP contribution in [0.15, 0.2) is 50.2 Å². The number of benzene rings is 2. The van der Waals surface area contributed by atoms with Crippen molar-refractivity contribution in [1.82, 2.24) is 0 Å². The molecule has 1 N–H and O–H groups in total. The third kappa shape index (κ3) is 3.42. The van der Waals surface area contributed by atoms with Crippen LogP contribution in [0, 0.1) is 11.3 Å². The van der Waals surface area contributed by atoms with Gasteiger partial charge in [0, 0.05) is 13.8 Å². The molecule has 0 saturated carbocycles. The van der Waals surface area contributed by atoms with Gasteiger partial charge in [-0.3, -0.25) is 4.79 Å². The van der Waals surface area contributed by atoms with E-state index >= 15 is 0 Å². The summed E-state index contributed by atoms with van der Waals surface area (Å²) in [5, 5.41) is 11.8. The monoisotopic (exact) mass is 410 g/mol. The van der Waals surface area contributed by atoms with Crippen molar-refractivity contribution in [3.63, 3.8) is 0 Å². The largest absolute Gasteiger partial charge is 0.321 e. The maximum atomic E-state index is 12.2. The number of amides is 1. The molecule has 0 unspecified atom stereocenters. The van der Waals surface area contributed by atoms with E-state index in [1.165, 1.54) is 0 Å². The lowest BCUT2D eigenvalue weighted by Gasteiger charge is -2.09. The average molecular weight is 412 g/mol. The van der Waals surface area contributed by atoms with Gasteiger partial charge < -0.3 is 5.32 Å². The second-order valence-electron chi connectivity index (χ2n) is 3.92. The maximum absolute atomic E-state index is 12.2. The summed E-state index contributed by atoms with van der Waals surface area (Å²) in [5.74, 6) is -0.299. The SMILES string of the molecule is N#Cc1cc(Br)ccc1NC(=O)c1cc(S)ccc1Br. The fourth-order valence-electron chi connectivity index (χ4n) is 1.59. The van der Waals surface area contributed by atoms with Crippen LogP contribution >= 0.6 is 44.5 Å². The summed E-state index contributed by atoms with van der Waals surface area (Å²) in [7, 11) is 0. The Kier molecular flexibility index (Phi) is 4.86. The van der Waals surface area contributed by atoms with Crippen molar-refractivity contribution in [3.8, 4) is 6.07 Å². The highest BCUT2D eigenvalue weighted by molar-refractivity contribution is 9.10. The van der Waals surface area contributed by atoms with E-state index in [-0.39, 0.29) is 5.91 Å². The lowest BCUT2D eigenvalue weighted by atomic mass is 10.1. The minimum absolute atomic E-state index is 0.299. The lowest BCUT2D eigenvalue weighted by molar-refractivity contribution is 0.102. The Morgan fingerprint density at radius 2 is 1.95 bits per heavy atom. The Morgan fingerprint density at radius 1 is 1.20 bits per heavy atom. The van der Waals surface area contributed by atoms with Gasteiger partial charge in [0.25, 0.3) is 5.91 Å². The first-order valence-corrected chi connectivity index (χ1v) is 7.54. The minimum atomic E-state index is -0.299. The number of nitrogens with zero attached hydrogens (tertiary/aromatic N) is 1.